The van der Waals surface area contributed by atoms with Crippen molar-refractivity contribution in [3.63, 3.8) is 0 Å². The van der Waals surface area contributed by atoms with E-state index in [1.165, 1.54) is 4.72 Å². The van der Waals surface area contributed by atoms with Crippen LogP contribution in [0.4, 0.5) is 4.79 Å². The van der Waals surface area contributed by atoms with Crippen LogP contribution in [0.15, 0.2) is 10.0 Å². The summed E-state index contributed by atoms with van der Waals surface area (Å²) in [5.74, 6) is -6.86. The van der Waals surface area contributed by atoms with Gasteiger partial charge >= 0.3 is 23.8 Å². The first-order valence-electron chi connectivity index (χ1n) is 6.99. The van der Waals surface area contributed by atoms with Gasteiger partial charge in [-0.25, -0.2) is 19.1 Å². The molecule has 0 bridgehead atoms. The standard InChI is InChI=1S/C12H13ClN6O9S/c1-19-8(4(6(13)17-19)10(23)28-3)29(25,26)18-12(24)16-11(14)15-7(27-2)5(20)9(21)22/h1-3H3,(H,21,22)(H3,14,16,18,24)/b15-7-. The van der Waals surface area contributed by atoms with Crippen molar-refractivity contribution in [2.24, 2.45) is 12.0 Å². The first-order valence-corrected chi connectivity index (χ1v) is 8.85. The van der Waals surface area contributed by atoms with Crippen LogP contribution in [0.25, 0.3) is 0 Å². The van der Waals surface area contributed by atoms with Gasteiger partial charge < -0.3 is 14.6 Å². The molecular weight excluding hydrogens is 440 g/mol. The lowest BCUT2D eigenvalue weighted by atomic mass is 10.4. The number of ketones is 1. The average Bonchev–Trinajstić information content (AvgIpc) is 2.92. The first kappa shape index (κ1) is 23.5. The molecule has 4 N–H and O–H groups in total. The highest BCUT2D eigenvalue weighted by molar-refractivity contribution is 7.90. The first-order chi connectivity index (χ1) is 13.3. The molecule has 0 radical (unpaired) electrons. The number of sulfonamides is 1. The van der Waals surface area contributed by atoms with E-state index in [2.05, 4.69) is 19.6 Å². The van der Waals surface area contributed by atoms with Gasteiger partial charge in [0.1, 0.15) is 5.56 Å². The minimum absolute atomic E-state index is 0.505. The monoisotopic (exact) mass is 452 g/mol. The summed E-state index contributed by atoms with van der Waals surface area (Å²) in [5, 5.41) is 19.8. The van der Waals surface area contributed by atoms with Crippen LogP contribution in [0.3, 0.4) is 0 Å². The highest BCUT2D eigenvalue weighted by Gasteiger charge is 2.33. The number of rotatable bonds is 5. The zero-order chi connectivity index (χ0) is 22.5. The number of aliphatic carboxylic acids is 1. The Hall–Kier alpha value is -3.53. The molecule has 0 aliphatic carbocycles. The fraction of sp³-hybridized carbons (Fsp3) is 0.250. The Morgan fingerprint density at radius 2 is 1.83 bits per heavy atom. The summed E-state index contributed by atoms with van der Waals surface area (Å²) in [5.41, 5.74) is -0.640. The van der Waals surface area contributed by atoms with E-state index < -0.39 is 61.4 Å². The third-order valence-corrected chi connectivity index (χ3v) is 4.55. The molecule has 0 fully saturated rings. The molecule has 1 rings (SSSR count). The van der Waals surface area contributed by atoms with Crippen LogP contribution >= 0.6 is 11.6 Å². The van der Waals surface area contributed by atoms with Crippen molar-refractivity contribution in [1.29, 1.82) is 5.41 Å². The summed E-state index contributed by atoms with van der Waals surface area (Å²) >= 11 is 5.71. The molecule has 1 aromatic rings. The molecule has 0 spiro atoms. The number of hydrogen-bond acceptors (Lipinski definition) is 10. The van der Waals surface area contributed by atoms with Gasteiger partial charge in [-0.05, 0) is 0 Å². The summed E-state index contributed by atoms with van der Waals surface area (Å²) in [7, 11) is -1.77. The van der Waals surface area contributed by atoms with Crippen molar-refractivity contribution in [3.8, 4) is 0 Å². The second-order valence-electron chi connectivity index (χ2n) is 4.75. The molecule has 0 unspecified atom stereocenters. The fourth-order valence-corrected chi connectivity index (χ4v) is 3.34. The van der Waals surface area contributed by atoms with Crippen molar-refractivity contribution in [2.45, 2.75) is 5.03 Å². The number of ether oxygens (including phenoxy) is 2. The minimum Gasteiger partial charge on any atom is -0.478 e. The number of nitrogens with one attached hydrogen (secondary N) is 3. The predicted octanol–water partition coefficient (Wildman–Crippen LogP) is -1.52. The van der Waals surface area contributed by atoms with Crippen LogP contribution < -0.4 is 10.0 Å². The molecule has 158 valence electrons. The molecule has 29 heavy (non-hydrogen) atoms. The Balaban J connectivity index is 3.09. The summed E-state index contributed by atoms with van der Waals surface area (Å²) in [6, 6.07) is -1.54. The number of methoxy groups -OCH3 is 2. The van der Waals surface area contributed by atoms with E-state index in [0.717, 1.165) is 21.3 Å². The molecule has 0 aromatic carbocycles. The van der Waals surface area contributed by atoms with E-state index in [-0.39, 0.29) is 0 Å². The van der Waals surface area contributed by atoms with Crippen molar-refractivity contribution in [1.82, 2.24) is 19.8 Å². The molecule has 0 aliphatic rings. The van der Waals surface area contributed by atoms with Crippen molar-refractivity contribution in [2.75, 3.05) is 14.2 Å². The highest BCUT2D eigenvalue weighted by atomic mass is 35.5. The molecule has 15 nitrogen and oxygen atoms in total. The zero-order valence-corrected chi connectivity index (χ0v) is 16.4. The number of halogens is 1. The maximum atomic E-state index is 12.4. The van der Waals surface area contributed by atoms with Crippen LogP contribution in [-0.2, 0) is 36.1 Å². The lowest BCUT2D eigenvalue weighted by Crippen LogP contribution is -2.43. The molecule has 0 saturated heterocycles. The third kappa shape index (κ3) is 5.48. The second kappa shape index (κ2) is 9.11. The second-order valence-corrected chi connectivity index (χ2v) is 6.71. The molecule has 0 aliphatic heterocycles. The largest absolute Gasteiger partial charge is 0.478 e. The van der Waals surface area contributed by atoms with Crippen LogP contribution in [0, 0.1) is 5.41 Å². The molecule has 1 aromatic heterocycles. The highest BCUT2D eigenvalue weighted by Crippen LogP contribution is 2.23. The maximum Gasteiger partial charge on any atom is 0.382 e. The van der Waals surface area contributed by atoms with Gasteiger partial charge in [-0.3, -0.25) is 20.2 Å². The van der Waals surface area contributed by atoms with Gasteiger partial charge in [0.2, 0.25) is 5.96 Å². The smallest absolute Gasteiger partial charge is 0.382 e. The molecular formula is C12H13ClN6O9S. The lowest BCUT2D eigenvalue weighted by molar-refractivity contribution is -0.146. The number of carboxylic acids is 1. The molecule has 1 heterocycles. The van der Waals surface area contributed by atoms with E-state index in [1.54, 1.807) is 5.32 Å². The quantitative estimate of drug-likeness (QED) is 0.175. The number of aromatic nitrogens is 2. The fourth-order valence-electron chi connectivity index (χ4n) is 1.77. The number of nitrogens with zero attached hydrogens (tertiary/aromatic N) is 3. The molecule has 0 atom stereocenters. The molecule has 17 heteroatoms. The number of carbonyl (C=O) groups is 4. The number of carboxylic acid groups (broad SMARTS) is 1. The van der Waals surface area contributed by atoms with Crippen molar-refractivity contribution in [3.05, 3.63) is 10.7 Å². The van der Waals surface area contributed by atoms with E-state index in [0.29, 0.717) is 4.68 Å². The van der Waals surface area contributed by atoms with E-state index >= 15 is 0 Å². The van der Waals surface area contributed by atoms with Gasteiger partial charge in [-0.2, -0.15) is 18.5 Å². The molecule has 2 amide bonds. The summed E-state index contributed by atoms with van der Waals surface area (Å²) < 4.78 is 35.8. The number of esters is 1. The van der Waals surface area contributed by atoms with Gasteiger partial charge in [0.05, 0.1) is 14.2 Å². The summed E-state index contributed by atoms with van der Waals surface area (Å²) in [4.78, 5) is 48.5. The topological polar surface area (TPSA) is 219 Å². The van der Waals surface area contributed by atoms with Gasteiger partial charge in [0.15, 0.2) is 10.2 Å². The average molecular weight is 453 g/mol. The lowest BCUT2D eigenvalue weighted by Gasteiger charge is -2.09. The number of urea groups is 1. The number of aliphatic imine (C=N–C) groups is 1. The Morgan fingerprint density at radius 1 is 1.24 bits per heavy atom. The van der Waals surface area contributed by atoms with Crippen LogP contribution in [0.5, 0.6) is 0 Å². The van der Waals surface area contributed by atoms with Crippen LogP contribution in [0.1, 0.15) is 10.4 Å². The van der Waals surface area contributed by atoms with Crippen LogP contribution in [-0.4, -0.2) is 73.1 Å². The van der Waals surface area contributed by atoms with E-state index in [4.69, 9.17) is 22.1 Å². The van der Waals surface area contributed by atoms with Crippen LogP contribution in [0.2, 0.25) is 5.15 Å². The van der Waals surface area contributed by atoms with Gasteiger partial charge in [0.25, 0.3) is 15.9 Å². The van der Waals surface area contributed by atoms with E-state index in [9.17, 15) is 27.6 Å². The number of amides is 2. The number of guanidine groups is 1. The Bertz CT molecular complexity index is 1030. The molecule has 0 saturated carbocycles. The number of hydrogen-bond donors (Lipinski definition) is 4. The zero-order valence-electron chi connectivity index (χ0n) is 14.8. The number of aryl methyl sites for hydroxylation is 1. The minimum atomic E-state index is -4.75. The number of carbonyl (C=O) groups excluding carboxylic acids is 3. The normalized spacial score (nSPS) is 11.4. The Morgan fingerprint density at radius 3 is 2.31 bits per heavy atom. The number of Topliss-reactive ketones (excluding diaryl/α,β-unsaturated/α-hetero) is 1. The van der Waals surface area contributed by atoms with Gasteiger partial charge in [-0.15, -0.1) is 0 Å². The van der Waals surface area contributed by atoms with E-state index in [1.807, 2.05) is 0 Å². The Labute approximate surface area is 167 Å². The van der Waals surface area contributed by atoms with Gasteiger partial charge in [0, 0.05) is 7.05 Å². The van der Waals surface area contributed by atoms with Gasteiger partial charge in [-0.1, -0.05) is 11.6 Å². The summed E-state index contributed by atoms with van der Waals surface area (Å²) in [6.07, 6.45) is 0. The third-order valence-electron chi connectivity index (χ3n) is 2.85. The van der Waals surface area contributed by atoms with Crippen molar-refractivity contribution < 1.29 is 42.2 Å². The SMILES string of the molecule is COC(=O)c1c(Cl)nn(C)c1S(=O)(=O)NC(=O)NC(=N)/N=C(\OC)C(=O)C(=O)O. The van der Waals surface area contributed by atoms with Crippen molar-refractivity contribution >= 4 is 57.2 Å². The Kier molecular flexibility index (Phi) is 7.38. The summed E-state index contributed by atoms with van der Waals surface area (Å²) in [6.45, 7) is 0. The predicted molar refractivity (Wildman–Crippen MR) is 93.2 cm³/mol. The maximum absolute atomic E-state index is 12.4.